The number of amides is 1. The predicted octanol–water partition coefficient (Wildman–Crippen LogP) is 1.62. The minimum atomic E-state index is -3.61. The number of rotatable bonds is 7. The highest BCUT2D eigenvalue weighted by molar-refractivity contribution is 7.90. The fourth-order valence-corrected chi connectivity index (χ4v) is 5.88. The topological polar surface area (TPSA) is 146 Å². The standard InChI is InChI=1S/C21H24F2N8O4S/c22-20(23)15-3-4-18-24-8-17(31(18)28-15)16-6-19(26-12-25-16)29-5-1-2-13(9-29)7-27-36(34,35)14-10-30(11-14)21(32)33/h3-4,6,8,12-14,20,27H,1-2,5,7,9-11H2,(H,32,33). The lowest BCUT2D eigenvalue weighted by Crippen LogP contribution is -2.59. The SMILES string of the molecule is O=C(O)N1CC(S(=O)(=O)NCC2CCCN(c3cc(-c4cnc5ccc(C(F)F)nn45)ncn3)C2)C1. The molecular formula is C21H24F2N8O4S. The lowest BCUT2D eigenvalue weighted by molar-refractivity contribution is 0.119. The van der Waals surface area contributed by atoms with Gasteiger partial charge in [-0.25, -0.2) is 46.2 Å². The van der Waals surface area contributed by atoms with Crippen molar-refractivity contribution in [1.82, 2.24) is 34.2 Å². The van der Waals surface area contributed by atoms with E-state index >= 15 is 0 Å². The van der Waals surface area contributed by atoms with E-state index in [-0.39, 0.29) is 31.2 Å². The summed E-state index contributed by atoms with van der Waals surface area (Å²) in [5.74, 6) is 0.664. The molecule has 1 amide bonds. The number of fused-ring (bicyclic) bond motifs is 1. The molecule has 5 heterocycles. The number of piperidine rings is 1. The molecule has 2 N–H and O–H groups in total. The molecule has 2 fully saturated rings. The molecule has 3 aromatic heterocycles. The highest BCUT2D eigenvalue weighted by Crippen LogP contribution is 2.26. The molecule has 5 rings (SSSR count). The Hall–Kier alpha value is -3.46. The maximum Gasteiger partial charge on any atom is 0.407 e. The number of alkyl halides is 2. The van der Waals surface area contributed by atoms with Crippen LogP contribution in [0.25, 0.3) is 17.0 Å². The van der Waals surface area contributed by atoms with Gasteiger partial charge in [-0.15, -0.1) is 0 Å². The van der Waals surface area contributed by atoms with Crippen LogP contribution in [0.1, 0.15) is 25.0 Å². The van der Waals surface area contributed by atoms with E-state index in [0.29, 0.717) is 29.4 Å². The summed E-state index contributed by atoms with van der Waals surface area (Å²) in [6, 6.07) is 4.44. The van der Waals surface area contributed by atoms with Gasteiger partial charge < -0.3 is 14.9 Å². The second-order valence-corrected chi connectivity index (χ2v) is 10.9. The number of carboxylic acid groups (broad SMARTS) is 1. The maximum absolute atomic E-state index is 13.1. The van der Waals surface area contributed by atoms with E-state index in [1.54, 1.807) is 6.07 Å². The molecule has 0 spiro atoms. The van der Waals surface area contributed by atoms with Crippen molar-refractivity contribution in [2.75, 3.05) is 37.6 Å². The molecule has 12 nitrogen and oxygen atoms in total. The monoisotopic (exact) mass is 522 g/mol. The van der Waals surface area contributed by atoms with Gasteiger partial charge in [0.05, 0.1) is 11.9 Å². The first-order chi connectivity index (χ1) is 17.2. The van der Waals surface area contributed by atoms with Gasteiger partial charge in [0, 0.05) is 38.8 Å². The van der Waals surface area contributed by atoms with Crippen LogP contribution in [0.4, 0.5) is 19.4 Å². The zero-order chi connectivity index (χ0) is 25.4. The maximum atomic E-state index is 13.1. The Morgan fingerprint density at radius 1 is 1.19 bits per heavy atom. The minimum Gasteiger partial charge on any atom is -0.465 e. The Morgan fingerprint density at radius 2 is 2.00 bits per heavy atom. The van der Waals surface area contributed by atoms with Crippen molar-refractivity contribution in [3.63, 3.8) is 0 Å². The molecule has 1 atom stereocenters. The molecule has 2 aliphatic heterocycles. The summed E-state index contributed by atoms with van der Waals surface area (Å²) in [6.45, 7) is 1.47. The average Bonchev–Trinajstić information content (AvgIpc) is 3.25. The van der Waals surface area contributed by atoms with Gasteiger partial charge >= 0.3 is 6.09 Å². The Bertz CT molecular complexity index is 1380. The number of halogens is 2. The molecule has 36 heavy (non-hydrogen) atoms. The van der Waals surface area contributed by atoms with Crippen LogP contribution >= 0.6 is 0 Å². The average molecular weight is 523 g/mol. The van der Waals surface area contributed by atoms with Crippen molar-refractivity contribution in [1.29, 1.82) is 0 Å². The minimum absolute atomic E-state index is 0.0257. The second-order valence-electron chi connectivity index (χ2n) is 8.89. The fraction of sp³-hybridized carbons (Fsp3) is 0.476. The van der Waals surface area contributed by atoms with E-state index in [1.807, 2.05) is 4.90 Å². The number of hydrogen-bond donors (Lipinski definition) is 2. The van der Waals surface area contributed by atoms with Crippen molar-refractivity contribution in [2.45, 2.75) is 24.5 Å². The summed E-state index contributed by atoms with van der Waals surface area (Å²) in [5, 5.41) is 12.2. The number of likely N-dealkylation sites (tertiary alicyclic amines) is 1. The first kappa shape index (κ1) is 24.2. The molecule has 0 aromatic carbocycles. The summed E-state index contributed by atoms with van der Waals surface area (Å²) in [4.78, 5) is 26.8. The summed E-state index contributed by atoms with van der Waals surface area (Å²) >= 11 is 0. The first-order valence-corrected chi connectivity index (χ1v) is 12.9. The van der Waals surface area contributed by atoms with Crippen LogP contribution in [0, 0.1) is 5.92 Å². The van der Waals surface area contributed by atoms with Crippen molar-refractivity contribution in [3.05, 3.63) is 36.4 Å². The van der Waals surface area contributed by atoms with E-state index in [0.717, 1.165) is 24.3 Å². The summed E-state index contributed by atoms with van der Waals surface area (Å²) in [5.41, 5.74) is 0.975. The Morgan fingerprint density at radius 3 is 2.75 bits per heavy atom. The fourth-order valence-electron chi connectivity index (χ4n) is 4.42. The largest absolute Gasteiger partial charge is 0.465 e. The number of imidazole rings is 1. The lowest BCUT2D eigenvalue weighted by atomic mass is 9.98. The van der Waals surface area contributed by atoms with E-state index < -0.39 is 27.8 Å². The van der Waals surface area contributed by atoms with Crippen LogP contribution in [-0.4, -0.2) is 87.1 Å². The number of nitrogens with zero attached hydrogens (tertiary/aromatic N) is 7. The van der Waals surface area contributed by atoms with Crippen LogP contribution in [0.5, 0.6) is 0 Å². The van der Waals surface area contributed by atoms with Crippen molar-refractivity contribution < 1.29 is 27.1 Å². The number of aromatic nitrogens is 5. The zero-order valence-corrected chi connectivity index (χ0v) is 19.9. The third kappa shape index (κ3) is 4.80. The van der Waals surface area contributed by atoms with Gasteiger partial charge in [-0.05, 0) is 30.9 Å². The van der Waals surface area contributed by atoms with Gasteiger partial charge in [0.25, 0.3) is 6.43 Å². The summed E-state index contributed by atoms with van der Waals surface area (Å²) < 4.78 is 55.2. The quantitative estimate of drug-likeness (QED) is 0.473. The zero-order valence-electron chi connectivity index (χ0n) is 19.0. The molecule has 0 bridgehead atoms. The van der Waals surface area contributed by atoms with Gasteiger partial charge in [-0.1, -0.05) is 0 Å². The van der Waals surface area contributed by atoms with Crippen molar-refractivity contribution in [3.8, 4) is 11.4 Å². The molecule has 2 saturated heterocycles. The molecule has 0 aliphatic carbocycles. The number of hydrogen-bond acceptors (Lipinski definition) is 8. The summed E-state index contributed by atoms with van der Waals surface area (Å²) in [7, 11) is -3.61. The van der Waals surface area contributed by atoms with E-state index in [2.05, 4.69) is 24.8 Å². The van der Waals surface area contributed by atoms with E-state index in [1.165, 1.54) is 29.2 Å². The Balaban J connectivity index is 1.27. The van der Waals surface area contributed by atoms with E-state index in [9.17, 15) is 22.0 Å². The highest BCUT2D eigenvalue weighted by atomic mass is 32.2. The predicted molar refractivity (Wildman–Crippen MR) is 124 cm³/mol. The molecule has 3 aromatic rings. The normalized spacial score (nSPS) is 19.1. The molecule has 192 valence electrons. The lowest BCUT2D eigenvalue weighted by Gasteiger charge is -2.37. The van der Waals surface area contributed by atoms with Crippen LogP contribution in [0.2, 0.25) is 0 Å². The third-order valence-electron chi connectivity index (χ3n) is 6.50. The van der Waals surface area contributed by atoms with E-state index in [4.69, 9.17) is 5.11 Å². The molecule has 1 unspecified atom stereocenters. The molecule has 0 saturated carbocycles. The third-order valence-corrected chi connectivity index (χ3v) is 8.24. The number of anilines is 1. The molecule has 2 aliphatic rings. The summed E-state index contributed by atoms with van der Waals surface area (Å²) in [6.07, 6.45) is 0.728. The second kappa shape index (κ2) is 9.54. The van der Waals surface area contributed by atoms with Crippen molar-refractivity contribution >= 4 is 27.6 Å². The van der Waals surface area contributed by atoms with Crippen LogP contribution in [-0.2, 0) is 10.0 Å². The number of nitrogens with one attached hydrogen (secondary N) is 1. The van der Waals surface area contributed by atoms with Gasteiger partial charge in [0.2, 0.25) is 10.0 Å². The van der Waals surface area contributed by atoms with Gasteiger partial charge in [-0.2, -0.15) is 5.10 Å². The van der Waals surface area contributed by atoms with Crippen LogP contribution < -0.4 is 9.62 Å². The Kier molecular flexibility index (Phi) is 6.42. The van der Waals surface area contributed by atoms with Gasteiger partial charge in [0.1, 0.15) is 28.8 Å². The van der Waals surface area contributed by atoms with Crippen molar-refractivity contribution in [2.24, 2.45) is 5.92 Å². The first-order valence-electron chi connectivity index (χ1n) is 11.4. The number of sulfonamides is 1. The smallest absolute Gasteiger partial charge is 0.407 e. The van der Waals surface area contributed by atoms with Crippen LogP contribution in [0.15, 0.2) is 30.7 Å². The molecule has 0 radical (unpaired) electrons. The highest BCUT2D eigenvalue weighted by Gasteiger charge is 2.40. The Labute approximate surface area is 205 Å². The number of carbonyl (C=O) groups is 1. The van der Waals surface area contributed by atoms with Gasteiger partial charge in [-0.3, -0.25) is 0 Å². The molecule has 15 heteroatoms. The molecular weight excluding hydrogens is 498 g/mol. The van der Waals surface area contributed by atoms with Gasteiger partial charge in [0.15, 0.2) is 5.65 Å². The van der Waals surface area contributed by atoms with Crippen LogP contribution in [0.3, 0.4) is 0 Å².